The van der Waals surface area contributed by atoms with Crippen molar-refractivity contribution in [3.8, 4) is 0 Å². The Bertz CT molecular complexity index is 592. The highest BCUT2D eigenvalue weighted by molar-refractivity contribution is 6.68. The van der Waals surface area contributed by atoms with E-state index in [0.717, 1.165) is 6.07 Å². The molecular formula is C15H17BF4O2. The predicted molar refractivity (Wildman–Crippen MR) is 76.5 cm³/mol. The first-order valence-corrected chi connectivity index (χ1v) is 6.77. The Morgan fingerprint density at radius 1 is 1.09 bits per heavy atom. The van der Waals surface area contributed by atoms with Gasteiger partial charge in [-0.15, -0.1) is 0 Å². The third kappa shape index (κ3) is 2.79. The molecule has 120 valence electrons. The standard InChI is InChI=1S/C15H17BF4O2/c1-9(16-21-13(2,3)14(4,5)22-16)10-7-6-8-11(12(10)17)15(18,19)20/h6-8H,1H2,2-5H3. The summed E-state index contributed by atoms with van der Waals surface area (Å²) in [5.41, 5.74) is -2.92. The van der Waals surface area contributed by atoms with Crippen molar-refractivity contribution in [3.05, 3.63) is 41.7 Å². The van der Waals surface area contributed by atoms with E-state index >= 15 is 0 Å². The molecule has 1 aromatic rings. The monoisotopic (exact) mass is 316 g/mol. The molecule has 0 aliphatic carbocycles. The maximum absolute atomic E-state index is 14.2. The number of halogens is 4. The summed E-state index contributed by atoms with van der Waals surface area (Å²) >= 11 is 0. The highest BCUT2D eigenvalue weighted by atomic mass is 19.4. The Balaban J connectivity index is 2.37. The largest absolute Gasteiger partial charge is 0.494 e. The summed E-state index contributed by atoms with van der Waals surface area (Å²) in [6.07, 6.45) is -4.77. The lowest BCUT2D eigenvalue weighted by Gasteiger charge is -2.32. The summed E-state index contributed by atoms with van der Waals surface area (Å²) in [5.74, 6) is -1.37. The lowest BCUT2D eigenvalue weighted by atomic mass is 9.74. The van der Waals surface area contributed by atoms with Crippen LogP contribution >= 0.6 is 0 Å². The first-order valence-electron chi connectivity index (χ1n) is 6.77. The van der Waals surface area contributed by atoms with Crippen molar-refractivity contribution in [1.82, 2.24) is 0 Å². The average molecular weight is 316 g/mol. The van der Waals surface area contributed by atoms with E-state index in [1.807, 2.05) is 0 Å². The molecule has 22 heavy (non-hydrogen) atoms. The van der Waals surface area contributed by atoms with Gasteiger partial charge in [-0.2, -0.15) is 13.2 Å². The third-order valence-corrected chi connectivity index (χ3v) is 4.19. The second kappa shape index (κ2) is 5.10. The summed E-state index contributed by atoms with van der Waals surface area (Å²) in [6, 6.07) is 3.06. The topological polar surface area (TPSA) is 18.5 Å². The van der Waals surface area contributed by atoms with Crippen LogP contribution in [0.4, 0.5) is 17.6 Å². The van der Waals surface area contributed by atoms with Crippen LogP contribution in [0.2, 0.25) is 0 Å². The molecule has 1 aromatic carbocycles. The molecular weight excluding hydrogens is 299 g/mol. The first-order chi connectivity index (χ1) is 9.87. The Labute approximate surface area is 127 Å². The van der Waals surface area contributed by atoms with Crippen LogP contribution in [0.3, 0.4) is 0 Å². The molecule has 1 fully saturated rings. The van der Waals surface area contributed by atoms with Crippen molar-refractivity contribution < 1.29 is 26.9 Å². The van der Waals surface area contributed by atoms with Gasteiger partial charge >= 0.3 is 13.3 Å². The number of alkyl halides is 3. The van der Waals surface area contributed by atoms with E-state index in [2.05, 4.69) is 6.58 Å². The Kier molecular flexibility index (Phi) is 3.94. The lowest BCUT2D eigenvalue weighted by Crippen LogP contribution is -2.41. The average Bonchev–Trinajstić information content (AvgIpc) is 2.56. The van der Waals surface area contributed by atoms with E-state index < -0.39 is 35.9 Å². The van der Waals surface area contributed by atoms with Gasteiger partial charge in [0.25, 0.3) is 0 Å². The second-order valence-corrected chi connectivity index (χ2v) is 6.28. The third-order valence-electron chi connectivity index (χ3n) is 4.19. The van der Waals surface area contributed by atoms with Gasteiger partial charge in [-0.05, 0) is 39.2 Å². The maximum Gasteiger partial charge on any atom is 0.494 e. The van der Waals surface area contributed by atoms with Crippen molar-refractivity contribution >= 4 is 12.6 Å². The lowest BCUT2D eigenvalue weighted by molar-refractivity contribution is -0.140. The Morgan fingerprint density at radius 3 is 2.05 bits per heavy atom. The molecule has 1 aliphatic rings. The SMILES string of the molecule is C=C(B1OC(C)(C)C(C)(C)O1)c1cccc(C(F)(F)F)c1F. The summed E-state index contributed by atoms with van der Waals surface area (Å²) in [6.45, 7) is 10.8. The molecule has 2 nitrogen and oxygen atoms in total. The molecule has 0 spiro atoms. The van der Waals surface area contributed by atoms with E-state index in [1.54, 1.807) is 27.7 Å². The summed E-state index contributed by atoms with van der Waals surface area (Å²) in [4.78, 5) is 0. The van der Waals surface area contributed by atoms with Crippen LogP contribution in [-0.4, -0.2) is 18.3 Å². The summed E-state index contributed by atoms with van der Waals surface area (Å²) < 4.78 is 63.9. The van der Waals surface area contributed by atoms with Crippen molar-refractivity contribution in [2.24, 2.45) is 0 Å². The first kappa shape index (κ1) is 17.0. The number of rotatable bonds is 2. The minimum atomic E-state index is -4.77. The molecule has 7 heteroatoms. The van der Waals surface area contributed by atoms with Crippen molar-refractivity contribution in [3.63, 3.8) is 0 Å². The molecule has 1 aliphatic heterocycles. The molecule has 0 unspecified atom stereocenters. The highest BCUT2D eigenvalue weighted by Crippen LogP contribution is 2.41. The molecule has 0 bridgehead atoms. The van der Waals surface area contributed by atoms with Crippen molar-refractivity contribution in [2.45, 2.75) is 45.1 Å². The van der Waals surface area contributed by atoms with Crippen molar-refractivity contribution in [1.29, 1.82) is 0 Å². The van der Waals surface area contributed by atoms with Gasteiger partial charge in [-0.3, -0.25) is 0 Å². The molecule has 1 heterocycles. The van der Waals surface area contributed by atoms with Crippen LogP contribution in [0.5, 0.6) is 0 Å². The van der Waals surface area contributed by atoms with E-state index in [9.17, 15) is 17.6 Å². The van der Waals surface area contributed by atoms with E-state index in [1.165, 1.54) is 6.07 Å². The van der Waals surface area contributed by atoms with Gasteiger partial charge < -0.3 is 9.31 Å². The van der Waals surface area contributed by atoms with Crippen molar-refractivity contribution in [2.75, 3.05) is 0 Å². The van der Waals surface area contributed by atoms with E-state index in [-0.39, 0.29) is 11.0 Å². The van der Waals surface area contributed by atoms with Crippen LogP contribution < -0.4 is 0 Å². The van der Waals surface area contributed by atoms with Gasteiger partial charge in [0.15, 0.2) is 0 Å². The van der Waals surface area contributed by atoms with Crippen LogP contribution in [0.25, 0.3) is 5.47 Å². The van der Waals surface area contributed by atoms with Crippen LogP contribution in [-0.2, 0) is 15.5 Å². The van der Waals surface area contributed by atoms with Gasteiger partial charge in [0, 0.05) is 5.56 Å². The quantitative estimate of drug-likeness (QED) is 0.591. The number of benzene rings is 1. The molecule has 1 saturated heterocycles. The molecule has 0 radical (unpaired) electrons. The number of hydrogen-bond donors (Lipinski definition) is 0. The van der Waals surface area contributed by atoms with E-state index in [0.29, 0.717) is 6.07 Å². The van der Waals surface area contributed by atoms with Gasteiger partial charge in [0.2, 0.25) is 0 Å². The van der Waals surface area contributed by atoms with Gasteiger partial charge in [-0.25, -0.2) is 4.39 Å². The minimum absolute atomic E-state index is 0.0299. The molecule has 2 rings (SSSR count). The fourth-order valence-corrected chi connectivity index (χ4v) is 2.11. The van der Waals surface area contributed by atoms with Crippen LogP contribution in [0.15, 0.2) is 24.8 Å². The zero-order valence-corrected chi connectivity index (χ0v) is 12.8. The predicted octanol–water partition coefficient (Wildman–Crippen LogP) is 4.49. The zero-order valence-electron chi connectivity index (χ0n) is 12.8. The molecule has 0 amide bonds. The molecule has 0 N–H and O–H groups in total. The Hall–Kier alpha value is -1.34. The minimum Gasteiger partial charge on any atom is -0.399 e. The van der Waals surface area contributed by atoms with Crippen LogP contribution in [0, 0.1) is 5.82 Å². The smallest absolute Gasteiger partial charge is 0.399 e. The van der Waals surface area contributed by atoms with Gasteiger partial charge in [0.05, 0.1) is 16.8 Å². The summed E-state index contributed by atoms with van der Waals surface area (Å²) in [7, 11) is -0.997. The van der Waals surface area contributed by atoms with E-state index in [4.69, 9.17) is 9.31 Å². The molecule has 0 aromatic heterocycles. The normalized spacial score (nSPS) is 20.3. The zero-order chi connectivity index (χ0) is 16.9. The fourth-order valence-electron chi connectivity index (χ4n) is 2.11. The van der Waals surface area contributed by atoms with Crippen LogP contribution in [0.1, 0.15) is 38.8 Å². The number of hydrogen-bond acceptors (Lipinski definition) is 2. The molecule has 0 atom stereocenters. The van der Waals surface area contributed by atoms with Gasteiger partial charge in [0.1, 0.15) is 5.82 Å². The Morgan fingerprint density at radius 2 is 1.59 bits per heavy atom. The second-order valence-electron chi connectivity index (χ2n) is 6.28. The maximum atomic E-state index is 14.2. The highest BCUT2D eigenvalue weighted by Gasteiger charge is 2.52. The summed E-state index contributed by atoms with van der Waals surface area (Å²) in [5, 5.41) is 0. The van der Waals surface area contributed by atoms with Gasteiger partial charge in [-0.1, -0.05) is 18.7 Å². The molecule has 0 saturated carbocycles. The fraction of sp³-hybridized carbons (Fsp3) is 0.467.